The van der Waals surface area contributed by atoms with E-state index in [9.17, 15) is 13.2 Å². The summed E-state index contributed by atoms with van der Waals surface area (Å²) in [5.41, 5.74) is 6.05. The highest BCUT2D eigenvalue weighted by molar-refractivity contribution is 7.89. The highest BCUT2D eigenvalue weighted by Crippen LogP contribution is 2.45. The predicted octanol–water partition coefficient (Wildman–Crippen LogP) is 0.320. The number of carbonyl (C=O) groups excluding carboxylic acids is 1. The van der Waals surface area contributed by atoms with Crippen molar-refractivity contribution in [2.24, 2.45) is 16.3 Å². The molecule has 1 aliphatic rings. The minimum absolute atomic E-state index is 0.0166. The number of amides is 1. The van der Waals surface area contributed by atoms with Crippen molar-refractivity contribution < 1.29 is 13.2 Å². The van der Waals surface area contributed by atoms with Crippen molar-refractivity contribution in [3.63, 3.8) is 0 Å². The first kappa shape index (κ1) is 14.0. The van der Waals surface area contributed by atoms with Crippen LogP contribution < -0.4 is 16.2 Å². The summed E-state index contributed by atoms with van der Waals surface area (Å²) in [5.74, 6) is -0.167. The molecule has 0 radical (unpaired) electrons. The predicted molar refractivity (Wildman–Crippen MR) is 71.9 cm³/mol. The molecule has 1 amide bonds. The molecular formula is C12H17N3O3S. The van der Waals surface area contributed by atoms with Gasteiger partial charge in [-0.15, -0.1) is 0 Å². The molecule has 0 unspecified atom stereocenters. The molecule has 1 aliphatic carbocycles. The van der Waals surface area contributed by atoms with Crippen LogP contribution in [-0.2, 0) is 14.8 Å². The van der Waals surface area contributed by atoms with Gasteiger partial charge in [0, 0.05) is 12.2 Å². The number of sulfonamides is 1. The third-order valence-electron chi connectivity index (χ3n) is 3.48. The van der Waals surface area contributed by atoms with Gasteiger partial charge in [0.1, 0.15) is 0 Å². The molecule has 19 heavy (non-hydrogen) atoms. The molecule has 0 atom stereocenters. The van der Waals surface area contributed by atoms with E-state index < -0.39 is 15.4 Å². The van der Waals surface area contributed by atoms with E-state index in [1.165, 1.54) is 6.07 Å². The standard InChI is InChI=1S/C12H17N3O3S/c1-8-2-3-9(6-10(8)19(14,17)18)15-11(16)12(7-13)4-5-12/h2-3,6H,4-5,7,13H2,1H3,(H,15,16)(H2,14,17,18). The molecule has 0 bridgehead atoms. The smallest absolute Gasteiger partial charge is 0.238 e. The Morgan fingerprint density at radius 1 is 1.42 bits per heavy atom. The number of aryl methyl sites for hydroxylation is 1. The van der Waals surface area contributed by atoms with Crippen molar-refractivity contribution >= 4 is 21.6 Å². The van der Waals surface area contributed by atoms with Crippen molar-refractivity contribution in [3.05, 3.63) is 23.8 Å². The van der Waals surface area contributed by atoms with E-state index in [-0.39, 0.29) is 10.8 Å². The quantitative estimate of drug-likeness (QED) is 0.738. The molecule has 1 aromatic carbocycles. The molecule has 7 heteroatoms. The molecule has 1 saturated carbocycles. The Bertz CT molecular complexity index is 621. The zero-order valence-electron chi connectivity index (χ0n) is 10.6. The number of carbonyl (C=O) groups is 1. The van der Waals surface area contributed by atoms with Crippen LogP contribution in [0.25, 0.3) is 0 Å². The van der Waals surface area contributed by atoms with E-state index in [4.69, 9.17) is 10.9 Å². The first-order valence-electron chi connectivity index (χ1n) is 5.93. The lowest BCUT2D eigenvalue weighted by Gasteiger charge is -2.14. The highest BCUT2D eigenvalue weighted by atomic mass is 32.2. The van der Waals surface area contributed by atoms with Gasteiger partial charge >= 0.3 is 0 Å². The number of benzene rings is 1. The lowest BCUT2D eigenvalue weighted by Crippen LogP contribution is -2.30. The largest absolute Gasteiger partial charge is 0.329 e. The Morgan fingerprint density at radius 3 is 2.53 bits per heavy atom. The van der Waals surface area contributed by atoms with Crippen LogP contribution >= 0.6 is 0 Å². The molecule has 1 fully saturated rings. The second kappa shape index (κ2) is 4.59. The number of anilines is 1. The molecular weight excluding hydrogens is 266 g/mol. The van der Waals surface area contributed by atoms with Gasteiger partial charge in [0.15, 0.2) is 0 Å². The summed E-state index contributed by atoms with van der Waals surface area (Å²) >= 11 is 0. The summed E-state index contributed by atoms with van der Waals surface area (Å²) in [6.07, 6.45) is 1.53. The van der Waals surface area contributed by atoms with Crippen molar-refractivity contribution in [2.45, 2.75) is 24.7 Å². The molecule has 0 saturated heterocycles. The minimum Gasteiger partial charge on any atom is -0.329 e. The van der Waals surface area contributed by atoms with Gasteiger partial charge in [-0.1, -0.05) is 6.07 Å². The molecule has 2 rings (SSSR count). The summed E-state index contributed by atoms with van der Waals surface area (Å²) in [7, 11) is -3.79. The van der Waals surface area contributed by atoms with Gasteiger partial charge < -0.3 is 11.1 Å². The fourth-order valence-electron chi connectivity index (χ4n) is 1.92. The number of nitrogens with two attached hydrogens (primary N) is 2. The molecule has 1 aromatic rings. The average Bonchev–Trinajstić information content (AvgIpc) is 3.11. The number of nitrogens with one attached hydrogen (secondary N) is 1. The normalized spacial score (nSPS) is 17.0. The summed E-state index contributed by atoms with van der Waals surface area (Å²) in [4.78, 5) is 12.0. The highest BCUT2D eigenvalue weighted by Gasteiger charge is 2.48. The van der Waals surface area contributed by atoms with Gasteiger partial charge in [0.2, 0.25) is 15.9 Å². The fourth-order valence-corrected chi connectivity index (χ4v) is 2.73. The lowest BCUT2D eigenvalue weighted by atomic mass is 10.1. The van der Waals surface area contributed by atoms with Gasteiger partial charge in [0.25, 0.3) is 0 Å². The third kappa shape index (κ3) is 2.78. The first-order chi connectivity index (χ1) is 8.78. The van der Waals surface area contributed by atoms with E-state index in [0.717, 1.165) is 12.8 Å². The number of hydrogen-bond donors (Lipinski definition) is 3. The maximum atomic E-state index is 12.0. The van der Waals surface area contributed by atoms with Crippen LogP contribution in [0.4, 0.5) is 5.69 Å². The second-order valence-corrected chi connectivity index (χ2v) is 6.49. The van der Waals surface area contributed by atoms with Crippen LogP contribution in [0.15, 0.2) is 23.1 Å². The molecule has 104 valence electrons. The third-order valence-corrected chi connectivity index (χ3v) is 4.53. The Labute approximate surface area is 112 Å². The topological polar surface area (TPSA) is 115 Å². The van der Waals surface area contributed by atoms with E-state index in [2.05, 4.69) is 5.32 Å². The van der Waals surface area contributed by atoms with E-state index >= 15 is 0 Å². The maximum Gasteiger partial charge on any atom is 0.238 e. The van der Waals surface area contributed by atoms with E-state index in [0.29, 0.717) is 17.8 Å². The second-order valence-electron chi connectivity index (χ2n) is 4.96. The molecule has 0 heterocycles. The Balaban J connectivity index is 2.25. The van der Waals surface area contributed by atoms with Crippen LogP contribution in [0.3, 0.4) is 0 Å². The van der Waals surface area contributed by atoms with Crippen molar-refractivity contribution in [2.75, 3.05) is 11.9 Å². The Morgan fingerprint density at radius 2 is 2.05 bits per heavy atom. The van der Waals surface area contributed by atoms with Crippen LogP contribution in [-0.4, -0.2) is 20.9 Å². The summed E-state index contributed by atoms with van der Waals surface area (Å²) in [6, 6.07) is 4.63. The Hall–Kier alpha value is -1.44. The molecule has 6 nitrogen and oxygen atoms in total. The molecule has 0 aromatic heterocycles. The van der Waals surface area contributed by atoms with Crippen molar-refractivity contribution in [1.82, 2.24) is 0 Å². The van der Waals surface area contributed by atoms with Crippen LogP contribution in [0.5, 0.6) is 0 Å². The van der Waals surface area contributed by atoms with Gasteiger partial charge in [-0.05, 0) is 37.5 Å². The van der Waals surface area contributed by atoms with Gasteiger partial charge in [-0.2, -0.15) is 0 Å². The van der Waals surface area contributed by atoms with Gasteiger partial charge in [0.05, 0.1) is 10.3 Å². The number of hydrogen-bond acceptors (Lipinski definition) is 4. The van der Waals surface area contributed by atoms with Crippen LogP contribution in [0.1, 0.15) is 18.4 Å². The molecule has 0 spiro atoms. The lowest BCUT2D eigenvalue weighted by molar-refractivity contribution is -0.120. The number of rotatable bonds is 4. The maximum absolute atomic E-state index is 12.0. The number of primary sulfonamides is 1. The summed E-state index contributed by atoms with van der Waals surface area (Å²) in [5, 5.41) is 7.82. The van der Waals surface area contributed by atoms with Gasteiger partial charge in [-0.3, -0.25) is 4.79 Å². The van der Waals surface area contributed by atoms with E-state index in [1.54, 1.807) is 19.1 Å². The Kier molecular flexibility index (Phi) is 3.38. The van der Waals surface area contributed by atoms with Gasteiger partial charge in [-0.25, -0.2) is 13.6 Å². The summed E-state index contributed by atoms with van der Waals surface area (Å²) < 4.78 is 22.8. The van der Waals surface area contributed by atoms with Crippen LogP contribution in [0, 0.1) is 12.3 Å². The van der Waals surface area contributed by atoms with Crippen molar-refractivity contribution in [3.8, 4) is 0 Å². The zero-order chi connectivity index (χ0) is 14.3. The molecule has 5 N–H and O–H groups in total. The first-order valence-corrected chi connectivity index (χ1v) is 7.48. The zero-order valence-corrected chi connectivity index (χ0v) is 11.5. The minimum atomic E-state index is -3.79. The SMILES string of the molecule is Cc1ccc(NC(=O)C2(CN)CC2)cc1S(N)(=O)=O. The van der Waals surface area contributed by atoms with Crippen LogP contribution in [0.2, 0.25) is 0 Å². The summed E-state index contributed by atoms with van der Waals surface area (Å²) in [6.45, 7) is 1.94. The fraction of sp³-hybridized carbons (Fsp3) is 0.417. The van der Waals surface area contributed by atoms with Crippen molar-refractivity contribution in [1.29, 1.82) is 0 Å². The average molecular weight is 283 g/mol. The monoisotopic (exact) mass is 283 g/mol. The molecule has 0 aliphatic heterocycles. The van der Waals surface area contributed by atoms with E-state index in [1.807, 2.05) is 0 Å².